The molecular weight excluding hydrogens is 403 g/mol. The Balaban J connectivity index is 1.76. The maximum absolute atomic E-state index is 13.3. The minimum atomic E-state index is -0.349. The van der Waals surface area contributed by atoms with E-state index in [2.05, 4.69) is 15.6 Å². The highest BCUT2D eigenvalue weighted by atomic mass is 32.2. The van der Waals surface area contributed by atoms with Gasteiger partial charge in [-0.1, -0.05) is 23.9 Å². The lowest BCUT2D eigenvalue weighted by Crippen LogP contribution is -2.31. The van der Waals surface area contributed by atoms with Crippen molar-refractivity contribution in [1.82, 2.24) is 14.9 Å². The van der Waals surface area contributed by atoms with E-state index in [9.17, 15) is 14.0 Å². The van der Waals surface area contributed by atoms with E-state index in [1.807, 2.05) is 20.1 Å². The first-order chi connectivity index (χ1) is 14.4. The Morgan fingerprint density at radius 3 is 2.37 bits per heavy atom. The maximum atomic E-state index is 13.3. The first-order valence-electron chi connectivity index (χ1n) is 9.44. The fourth-order valence-electron chi connectivity index (χ4n) is 2.94. The average Bonchev–Trinajstić information content (AvgIpc) is 3.13. The molecule has 6 nitrogen and oxygen atoms in total. The van der Waals surface area contributed by atoms with E-state index in [0.29, 0.717) is 22.2 Å². The number of carbonyl (C=O) groups excluding carboxylic acids is 2. The number of halogens is 1. The van der Waals surface area contributed by atoms with Crippen LogP contribution in [0.15, 0.2) is 59.9 Å². The highest BCUT2D eigenvalue weighted by Crippen LogP contribution is 2.23. The van der Waals surface area contributed by atoms with Gasteiger partial charge in [0.2, 0.25) is 5.91 Å². The van der Waals surface area contributed by atoms with Crippen LogP contribution in [0, 0.1) is 5.82 Å². The maximum Gasteiger partial charge on any atom is 0.274 e. The number of nitrogens with zero attached hydrogens (tertiary/aromatic N) is 2. The van der Waals surface area contributed by atoms with Gasteiger partial charge in [-0.2, -0.15) is 0 Å². The number of nitrogens with one attached hydrogen (secondary N) is 2. The first kappa shape index (κ1) is 21.6. The van der Waals surface area contributed by atoms with Crippen molar-refractivity contribution in [2.75, 3.05) is 11.6 Å². The number of rotatable bonds is 7. The Labute approximate surface area is 178 Å². The van der Waals surface area contributed by atoms with Crippen molar-refractivity contribution in [2.24, 2.45) is 0 Å². The van der Waals surface area contributed by atoms with Crippen LogP contribution in [0.25, 0.3) is 5.69 Å². The van der Waals surface area contributed by atoms with Crippen LogP contribution in [0.1, 0.15) is 29.9 Å². The zero-order chi connectivity index (χ0) is 21.7. The molecule has 156 valence electrons. The lowest BCUT2D eigenvalue weighted by atomic mass is 10.1. The van der Waals surface area contributed by atoms with Gasteiger partial charge >= 0.3 is 0 Å². The number of imidazole rings is 1. The normalized spacial score (nSPS) is 10.8. The van der Waals surface area contributed by atoms with Crippen molar-refractivity contribution in [3.8, 4) is 5.69 Å². The summed E-state index contributed by atoms with van der Waals surface area (Å²) in [6.07, 6.45) is 3.63. The number of anilines is 1. The monoisotopic (exact) mass is 426 g/mol. The van der Waals surface area contributed by atoms with Gasteiger partial charge in [0.1, 0.15) is 11.5 Å². The molecule has 0 radical (unpaired) electrons. The van der Waals surface area contributed by atoms with Gasteiger partial charge < -0.3 is 10.6 Å². The van der Waals surface area contributed by atoms with Crippen LogP contribution in [0.2, 0.25) is 0 Å². The van der Waals surface area contributed by atoms with Crippen LogP contribution in [0.4, 0.5) is 10.1 Å². The SMILES string of the molecule is CSc1ncc(C(=O)Nc2ccc(CC(=O)NC(C)C)cc2)n1-c1ccc(F)cc1. The molecule has 2 N–H and O–H groups in total. The third-order valence-electron chi connectivity index (χ3n) is 4.26. The van der Waals surface area contributed by atoms with Crippen LogP contribution >= 0.6 is 11.8 Å². The van der Waals surface area contributed by atoms with Crippen LogP contribution < -0.4 is 10.6 Å². The third-order valence-corrected chi connectivity index (χ3v) is 4.91. The van der Waals surface area contributed by atoms with E-state index in [-0.39, 0.29) is 30.1 Å². The van der Waals surface area contributed by atoms with Crippen molar-refractivity contribution in [3.05, 3.63) is 71.8 Å². The van der Waals surface area contributed by atoms with Gasteiger partial charge in [0.25, 0.3) is 5.91 Å². The molecule has 0 aliphatic heterocycles. The predicted molar refractivity (Wildman–Crippen MR) is 117 cm³/mol. The van der Waals surface area contributed by atoms with Crippen molar-refractivity contribution in [1.29, 1.82) is 0 Å². The van der Waals surface area contributed by atoms with Crippen LogP contribution in [-0.4, -0.2) is 33.7 Å². The molecule has 3 aromatic rings. The lowest BCUT2D eigenvalue weighted by molar-refractivity contribution is -0.120. The quantitative estimate of drug-likeness (QED) is 0.559. The highest BCUT2D eigenvalue weighted by molar-refractivity contribution is 7.98. The highest BCUT2D eigenvalue weighted by Gasteiger charge is 2.18. The number of benzene rings is 2. The summed E-state index contributed by atoms with van der Waals surface area (Å²) in [6, 6.07) is 13.1. The van der Waals surface area contributed by atoms with E-state index in [0.717, 1.165) is 5.56 Å². The van der Waals surface area contributed by atoms with E-state index < -0.39 is 0 Å². The Morgan fingerprint density at radius 2 is 1.77 bits per heavy atom. The molecule has 0 atom stereocenters. The number of hydrogen-bond donors (Lipinski definition) is 2. The molecule has 0 saturated heterocycles. The summed E-state index contributed by atoms with van der Waals surface area (Å²) < 4.78 is 15.0. The molecule has 1 aromatic heterocycles. The summed E-state index contributed by atoms with van der Waals surface area (Å²) in [7, 11) is 0. The molecule has 1 heterocycles. The molecule has 0 saturated carbocycles. The predicted octanol–water partition coefficient (Wildman–Crippen LogP) is 4.05. The van der Waals surface area contributed by atoms with E-state index in [4.69, 9.17) is 0 Å². The third kappa shape index (κ3) is 5.27. The lowest BCUT2D eigenvalue weighted by Gasteiger charge is -2.12. The molecule has 2 amide bonds. The summed E-state index contributed by atoms with van der Waals surface area (Å²) in [5.41, 5.74) is 2.44. The fraction of sp³-hybridized carbons (Fsp3) is 0.227. The molecule has 0 bridgehead atoms. The molecule has 0 aliphatic rings. The van der Waals surface area contributed by atoms with Crippen molar-refractivity contribution in [3.63, 3.8) is 0 Å². The standard InChI is InChI=1S/C22H23FN4O2S/c1-14(2)25-20(28)12-15-4-8-17(9-5-15)26-21(29)19-13-24-22(30-3)27(19)18-10-6-16(23)7-11-18/h4-11,13-14H,12H2,1-3H3,(H,25,28)(H,26,29). The van der Waals surface area contributed by atoms with E-state index >= 15 is 0 Å². The molecule has 0 spiro atoms. The second kappa shape index (κ2) is 9.58. The molecular formula is C22H23FN4O2S. The minimum Gasteiger partial charge on any atom is -0.354 e. The summed E-state index contributed by atoms with van der Waals surface area (Å²) in [4.78, 5) is 29.0. The van der Waals surface area contributed by atoms with Gasteiger partial charge in [-0.25, -0.2) is 9.37 Å². The van der Waals surface area contributed by atoms with Gasteiger partial charge in [-0.15, -0.1) is 0 Å². The molecule has 0 aliphatic carbocycles. The molecule has 30 heavy (non-hydrogen) atoms. The van der Waals surface area contributed by atoms with E-state index in [1.165, 1.54) is 30.1 Å². The number of amides is 2. The molecule has 0 fully saturated rings. The zero-order valence-corrected chi connectivity index (χ0v) is 17.8. The van der Waals surface area contributed by atoms with Crippen LogP contribution in [0.5, 0.6) is 0 Å². The number of carbonyl (C=O) groups is 2. The summed E-state index contributed by atoms with van der Waals surface area (Å²) in [5, 5.41) is 6.32. The summed E-state index contributed by atoms with van der Waals surface area (Å²) in [5.74, 6) is -0.732. The largest absolute Gasteiger partial charge is 0.354 e. The number of thioether (sulfide) groups is 1. The number of aromatic nitrogens is 2. The Kier molecular flexibility index (Phi) is 6.89. The van der Waals surface area contributed by atoms with Crippen molar-refractivity contribution >= 4 is 29.3 Å². The van der Waals surface area contributed by atoms with Crippen molar-refractivity contribution < 1.29 is 14.0 Å². The Hall–Kier alpha value is -3.13. The first-order valence-corrected chi connectivity index (χ1v) is 10.7. The molecule has 8 heteroatoms. The zero-order valence-electron chi connectivity index (χ0n) is 17.0. The minimum absolute atomic E-state index is 0.0467. The topological polar surface area (TPSA) is 76.0 Å². The molecule has 3 rings (SSSR count). The molecule has 2 aromatic carbocycles. The number of hydrogen-bond acceptors (Lipinski definition) is 4. The van der Waals surface area contributed by atoms with Gasteiger partial charge in [0.05, 0.1) is 12.6 Å². The van der Waals surface area contributed by atoms with E-state index in [1.54, 1.807) is 41.0 Å². The Morgan fingerprint density at radius 1 is 1.10 bits per heavy atom. The summed E-state index contributed by atoms with van der Waals surface area (Å²) >= 11 is 1.39. The van der Waals surface area contributed by atoms with Gasteiger partial charge in [-0.3, -0.25) is 14.2 Å². The fourth-order valence-corrected chi connectivity index (χ4v) is 3.48. The van der Waals surface area contributed by atoms with Gasteiger partial charge in [-0.05, 0) is 62.1 Å². The van der Waals surface area contributed by atoms with Gasteiger partial charge in [0.15, 0.2) is 5.16 Å². The van der Waals surface area contributed by atoms with Crippen LogP contribution in [0.3, 0.4) is 0 Å². The average molecular weight is 427 g/mol. The van der Waals surface area contributed by atoms with Gasteiger partial charge in [0, 0.05) is 17.4 Å². The Bertz CT molecular complexity index is 1030. The smallest absolute Gasteiger partial charge is 0.274 e. The second-order valence-electron chi connectivity index (χ2n) is 6.99. The summed E-state index contributed by atoms with van der Waals surface area (Å²) in [6.45, 7) is 3.82. The molecule has 0 unspecified atom stereocenters. The second-order valence-corrected chi connectivity index (χ2v) is 7.77. The van der Waals surface area contributed by atoms with Crippen molar-refractivity contribution in [2.45, 2.75) is 31.5 Å². The van der Waals surface area contributed by atoms with Crippen LogP contribution in [-0.2, 0) is 11.2 Å².